The van der Waals surface area contributed by atoms with Gasteiger partial charge in [0.05, 0.1) is 0 Å². The largest absolute Gasteiger partial charge is 0.508 e. The van der Waals surface area contributed by atoms with Crippen LogP contribution in [0.2, 0.25) is 0 Å². The van der Waals surface area contributed by atoms with Crippen LogP contribution in [-0.2, 0) is 6.42 Å². The summed E-state index contributed by atoms with van der Waals surface area (Å²) in [5.74, 6) is 1.79. The van der Waals surface area contributed by atoms with Gasteiger partial charge < -0.3 is 10.4 Å². The van der Waals surface area contributed by atoms with Crippen molar-refractivity contribution in [3.05, 3.63) is 29.3 Å². The molecular weight excluding hydrogens is 242 g/mol. The lowest BCUT2D eigenvalue weighted by atomic mass is 9.96. The van der Waals surface area contributed by atoms with E-state index >= 15 is 0 Å². The zero-order valence-electron chi connectivity index (χ0n) is 7.86. The van der Waals surface area contributed by atoms with Crippen molar-refractivity contribution in [2.45, 2.75) is 12.3 Å². The highest BCUT2D eigenvalue weighted by atomic mass is 79.9. The van der Waals surface area contributed by atoms with Crippen LogP contribution in [0, 0.1) is 5.92 Å². The zero-order chi connectivity index (χ0) is 8.84. The number of rotatable bonds is 0. The molecule has 3 rings (SSSR count). The van der Waals surface area contributed by atoms with E-state index in [4.69, 9.17) is 0 Å². The molecule has 2 unspecified atom stereocenters. The highest BCUT2D eigenvalue weighted by molar-refractivity contribution is 8.93. The highest BCUT2D eigenvalue weighted by Crippen LogP contribution is 2.43. The third-order valence-corrected chi connectivity index (χ3v) is 3.37. The van der Waals surface area contributed by atoms with Crippen LogP contribution >= 0.6 is 17.0 Å². The lowest BCUT2D eigenvalue weighted by molar-refractivity contribution is 0.459. The van der Waals surface area contributed by atoms with Crippen LogP contribution < -0.4 is 5.32 Å². The number of phenolic OH excluding ortho intramolecular Hbond substituents is 1. The Balaban J connectivity index is 0.000000750. The fraction of sp³-hybridized carbons (Fsp3) is 0.455. The molecular formula is C11H14BrNO. The van der Waals surface area contributed by atoms with Gasteiger partial charge in [-0.3, -0.25) is 0 Å². The van der Waals surface area contributed by atoms with Gasteiger partial charge in [0.15, 0.2) is 0 Å². The van der Waals surface area contributed by atoms with Crippen molar-refractivity contribution in [3.63, 3.8) is 0 Å². The first-order chi connectivity index (χ1) is 6.36. The summed E-state index contributed by atoms with van der Waals surface area (Å²) in [6.07, 6.45) is 1.14. The Morgan fingerprint density at radius 2 is 2.14 bits per heavy atom. The molecule has 14 heavy (non-hydrogen) atoms. The maximum Gasteiger partial charge on any atom is 0.119 e. The number of phenols is 1. The molecule has 1 saturated heterocycles. The second-order valence-electron chi connectivity index (χ2n) is 4.08. The SMILES string of the molecule is Br.Oc1cccc2c1C1CNCC1C2. The number of benzene rings is 1. The van der Waals surface area contributed by atoms with E-state index in [0.717, 1.165) is 25.4 Å². The summed E-state index contributed by atoms with van der Waals surface area (Å²) in [4.78, 5) is 0. The van der Waals surface area contributed by atoms with Gasteiger partial charge in [-0.1, -0.05) is 12.1 Å². The molecule has 76 valence electrons. The Morgan fingerprint density at radius 1 is 1.29 bits per heavy atom. The molecule has 0 spiro atoms. The molecule has 1 aliphatic heterocycles. The summed E-state index contributed by atoms with van der Waals surface area (Å²) in [6, 6.07) is 5.90. The average Bonchev–Trinajstić information content (AvgIpc) is 2.62. The van der Waals surface area contributed by atoms with Crippen molar-refractivity contribution in [1.82, 2.24) is 5.32 Å². The Hall–Kier alpha value is -0.540. The van der Waals surface area contributed by atoms with E-state index in [2.05, 4.69) is 11.4 Å². The topological polar surface area (TPSA) is 32.3 Å². The maximum absolute atomic E-state index is 9.75. The molecule has 2 N–H and O–H groups in total. The van der Waals surface area contributed by atoms with E-state index in [-0.39, 0.29) is 17.0 Å². The molecule has 0 aromatic heterocycles. The normalized spacial score (nSPS) is 28.0. The Morgan fingerprint density at radius 3 is 3.00 bits per heavy atom. The Labute approximate surface area is 94.1 Å². The molecule has 2 aliphatic rings. The van der Waals surface area contributed by atoms with Crippen LogP contribution in [-0.4, -0.2) is 18.2 Å². The molecule has 0 saturated carbocycles. The van der Waals surface area contributed by atoms with Gasteiger partial charge in [0.1, 0.15) is 5.75 Å². The highest BCUT2D eigenvalue weighted by Gasteiger charge is 2.37. The second-order valence-corrected chi connectivity index (χ2v) is 4.08. The third-order valence-electron chi connectivity index (χ3n) is 3.37. The van der Waals surface area contributed by atoms with Crippen LogP contribution in [0.25, 0.3) is 0 Å². The molecule has 0 amide bonds. The number of fused-ring (bicyclic) bond motifs is 3. The molecule has 1 aromatic rings. The van der Waals surface area contributed by atoms with Crippen molar-refractivity contribution in [3.8, 4) is 5.75 Å². The Kier molecular flexibility index (Phi) is 2.54. The van der Waals surface area contributed by atoms with Crippen molar-refractivity contribution in [2.24, 2.45) is 5.92 Å². The van der Waals surface area contributed by atoms with Crippen LogP contribution in [0.3, 0.4) is 0 Å². The van der Waals surface area contributed by atoms with Gasteiger partial charge in [-0.05, 0) is 30.5 Å². The molecule has 0 bridgehead atoms. The van der Waals surface area contributed by atoms with Gasteiger partial charge >= 0.3 is 0 Å². The van der Waals surface area contributed by atoms with E-state index in [1.807, 2.05) is 6.07 Å². The van der Waals surface area contributed by atoms with Crippen molar-refractivity contribution < 1.29 is 5.11 Å². The fourth-order valence-electron chi connectivity index (χ4n) is 2.77. The molecule has 2 atom stereocenters. The fourth-order valence-corrected chi connectivity index (χ4v) is 2.77. The molecule has 0 radical (unpaired) electrons. The van der Waals surface area contributed by atoms with E-state index in [9.17, 15) is 5.11 Å². The third kappa shape index (κ3) is 1.27. The van der Waals surface area contributed by atoms with Crippen LogP contribution in [0.15, 0.2) is 18.2 Å². The van der Waals surface area contributed by atoms with Crippen LogP contribution in [0.1, 0.15) is 17.0 Å². The number of hydrogen-bond donors (Lipinski definition) is 2. The smallest absolute Gasteiger partial charge is 0.119 e. The quantitative estimate of drug-likeness (QED) is 0.742. The minimum absolute atomic E-state index is 0. The van der Waals surface area contributed by atoms with Gasteiger partial charge in [-0.25, -0.2) is 0 Å². The summed E-state index contributed by atoms with van der Waals surface area (Å²) in [7, 11) is 0. The minimum atomic E-state index is 0. The average molecular weight is 256 g/mol. The maximum atomic E-state index is 9.75. The summed E-state index contributed by atoms with van der Waals surface area (Å²) < 4.78 is 0. The molecule has 1 aromatic carbocycles. The number of halogens is 1. The first-order valence-electron chi connectivity index (χ1n) is 4.88. The van der Waals surface area contributed by atoms with E-state index in [1.165, 1.54) is 11.1 Å². The number of aromatic hydroxyl groups is 1. The number of nitrogens with one attached hydrogen (secondary N) is 1. The molecule has 3 heteroatoms. The van der Waals surface area contributed by atoms with Crippen molar-refractivity contribution in [2.75, 3.05) is 13.1 Å². The van der Waals surface area contributed by atoms with Gasteiger partial charge in [-0.2, -0.15) is 0 Å². The van der Waals surface area contributed by atoms with Gasteiger partial charge in [-0.15, -0.1) is 17.0 Å². The van der Waals surface area contributed by atoms with Crippen molar-refractivity contribution in [1.29, 1.82) is 0 Å². The summed E-state index contributed by atoms with van der Waals surface area (Å²) >= 11 is 0. The molecule has 1 fully saturated rings. The molecule has 1 aliphatic carbocycles. The van der Waals surface area contributed by atoms with Gasteiger partial charge in [0.2, 0.25) is 0 Å². The summed E-state index contributed by atoms with van der Waals surface area (Å²) in [5, 5.41) is 13.1. The van der Waals surface area contributed by atoms with E-state index in [0.29, 0.717) is 11.7 Å². The zero-order valence-corrected chi connectivity index (χ0v) is 9.58. The predicted molar refractivity (Wildman–Crippen MR) is 61.2 cm³/mol. The van der Waals surface area contributed by atoms with Crippen LogP contribution in [0.5, 0.6) is 5.75 Å². The lowest BCUT2D eigenvalue weighted by Gasteiger charge is -2.09. The first-order valence-corrected chi connectivity index (χ1v) is 4.88. The lowest BCUT2D eigenvalue weighted by Crippen LogP contribution is -2.10. The monoisotopic (exact) mass is 255 g/mol. The second kappa shape index (κ2) is 3.55. The standard InChI is InChI=1S/C11H13NO.BrH/c13-10-3-1-2-7-4-8-5-12-6-9(8)11(7)10;/h1-3,8-9,12-13H,4-6H2;1H. The first kappa shape index (κ1) is 9.99. The molecule has 1 heterocycles. The molecule has 2 nitrogen and oxygen atoms in total. The van der Waals surface area contributed by atoms with Crippen molar-refractivity contribution >= 4 is 17.0 Å². The minimum Gasteiger partial charge on any atom is -0.508 e. The van der Waals surface area contributed by atoms with E-state index < -0.39 is 0 Å². The van der Waals surface area contributed by atoms with E-state index in [1.54, 1.807) is 6.07 Å². The Bertz CT molecular complexity index is 353. The van der Waals surface area contributed by atoms with Gasteiger partial charge in [0.25, 0.3) is 0 Å². The number of hydrogen-bond acceptors (Lipinski definition) is 2. The van der Waals surface area contributed by atoms with Gasteiger partial charge in [0, 0.05) is 18.0 Å². The summed E-state index contributed by atoms with van der Waals surface area (Å²) in [6.45, 7) is 2.15. The predicted octanol–water partition coefficient (Wildman–Crippen LogP) is 1.83. The summed E-state index contributed by atoms with van der Waals surface area (Å²) in [5.41, 5.74) is 2.56. The van der Waals surface area contributed by atoms with Crippen LogP contribution in [0.4, 0.5) is 0 Å².